The van der Waals surface area contributed by atoms with E-state index in [1.165, 1.54) is 0 Å². The van der Waals surface area contributed by atoms with E-state index in [0.29, 0.717) is 0 Å². The minimum atomic E-state index is 0.171. The van der Waals surface area contributed by atoms with Crippen LogP contribution in [0, 0.1) is 0 Å². The highest BCUT2D eigenvalue weighted by Gasteiger charge is 2.17. The monoisotopic (exact) mass is 378 g/mol. The minimum Gasteiger partial charge on any atom is -0.467 e. The molecule has 0 aliphatic heterocycles. The normalized spacial score (nSPS) is 12.6. The highest BCUT2D eigenvalue weighted by molar-refractivity contribution is 6.01. The fourth-order valence-corrected chi connectivity index (χ4v) is 3.43. The third kappa shape index (κ3) is 3.88. The highest BCUT2D eigenvalue weighted by Crippen LogP contribution is 2.39. The van der Waals surface area contributed by atoms with Crippen molar-refractivity contribution < 1.29 is 18.9 Å². The average Bonchev–Trinajstić information content (AvgIpc) is 2.75. The molecule has 0 amide bonds. The molecule has 3 aromatic rings. The molecule has 0 N–H and O–H groups in total. The minimum absolute atomic E-state index is 0.171. The fraction of sp³-hybridized carbons (Fsp3) is 0.250. The Morgan fingerprint density at radius 1 is 0.714 bits per heavy atom. The van der Waals surface area contributed by atoms with Gasteiger partial charge in [0.15, 0.2) is 13.6 Å². The summed E-state index contributed by atoms with van der Waals surface area (Å²) in [5.74, 6) is 1.50. The van der Waals surface area contributed by atoms with Crippen molar-refractivity contribution in [1.82, 2.24) is 0 Å². The van der Waals surface area contributed by atoms with E-state index < -0.39 is 0 Å². The van der Waals surface area contributed by atoms with Gasteiger partial charge in [-0.25, -0.2) is 0 Å². The summed E-state index contributed by atoms with van der Waals surface area (Å²) in [6.07, 6.45) is 4.20. The van der Waals surface area contributed by atoms with E-state index in [2.05, 4.69) is 36.4 Å². The van der Waals surface area contributed by atoms with E-state index in [1.807, 2.05) is 38.1 Å². The maximum absolute atomic E-state index is 5.95. The maximum Gasteiger partial charge on any atom is 0.188 e. The molecule has 0 spiro atoms. The predicted octanol–water partition coefficient (Wildman–Crippen LogP) is 4.07. The van der Waals surface area contributed by atoms with E-state index in [9.17, 15) is 0 Å². The second-order valence-corrected chi connectivity index (χ2v) is 6.28. The molecule has 3 rings (SSSR count). The molecule has 3 aromatic carbocycles. The first-order valence-electron chi connectivity index (χ1n) is 9.26. The van der Waals surface area contributed by atoms with Crippen LogP contribution in [0.25, 0.3) is 34.1 Å². The quantitative estimate of drug-likeness (QED) is 0.581. The highest BCUT2D eigenvalue weighted by atomic mass is 16.7. The number of methoxy groups -OCH3 is 2. The second kappa shape index (κ2) is 9.40. The van der Waals surface area contributed by atoms with Crippen molar-refractivity contribution >= 4 is 22.9 Å². The van der Waals surface area contributed by atoms with Crippen LogP contribution in [-0.4, -0.2) is 27.8 Å². The molecule has 0 aromatic heterocycles. The Morgan fingerprint density at radius 2 is 1.36 bits per heavy atom. The lowest BCUT2D eigenvalue weighted by molar-refractivity contribution is 0.0501. The Kier molecular flexibility index (Phi) is 6.69. The van der Waals surface area contributed by atoms with E-state index in [4.69, 9.17) is 18.9 Å². The van der Waals surface area contributed by atoms with Crippen molar-refractivity contribution in [1.29, 1.82) is 0 Å². The summed E-state index contributed by atoms with van der Waals surface area (Å²) < 4.78 is 22.2. The molecule has 0 aliphatic rings. The van der Waals surface area contributed by atoms with Crippen molar-refractivity contribution in [2.75, 3.05) is 27.8 Å². The molecule has 28 heavy (non-hydrogen) atoms. The number of benzene rings is 3. The first-order valence-corrected chi connectivity index (χ1v) is 9.26. The molecular formula is C24H26O4. The van der Waals surface area contributed by atoms with Gasteiger partial charge in [0.05, 0.1) is 0 Å². The van der Waals surface area contributed by atoms with Crippen LogP contribution in [0.2, 0.25) is 0 Å². The first-order chi connectivity index (χ1) is 13.7. The molecule has 0 saturated carbocycles. The van der Waals surface area contributed by atoms with Crippen LogP contribution in [0.15, 0.2) is 48.5 Å². The van der Waals surface area contributed by atoms with E-state index >= 15 is 0 Å². The van der Waals surface area contributed by atoms with Gasteiger partial charge in [-0.05, 0) is 47.2 Å². The summed E-state index contributed by atoms with van der Waals surface area (Å²) in [5.41, 5.74) is 1.97. The zero-order chi connectivity index (χ0) is 19.9. The van der Waals surface area contributed by atoms with Crippen LogP contribution >= 0.6 is 0 Å². The molecule has 0 atom stereocenters. The molecule has 0 radical (unpaired) electrons. The molecule has 0 aliphatic carbocycles. The molecule has 4 heteroatoms. The average molecular weight is 378 g/mol. The van der Waals surface area contributed by atoms with Crippen LogP contribution in [0.4, 0.5) is 0 Å². The number of ether oxygens (including phenoxy) is 4. The van der Waals surface area contributed by atoms with Gasteiger partial charge >= 0.3 is 0 Å². The Balaban J connectivity index is 2.43. The zero-order valence-electron chi connectivity index (χ0n) is 16.8. The standard InChI is InChI=1S/C24H26O4/c1-5-17-11-13-21(27-15-25-3)23(19(17)6-2)24-20-10-8-7-9-18(20)12-14-22(24)28-16-26-4/h5-14H,15-16H2,1-4H3/b17-5-,19-6+. The smallest absolute Gasteiger partial charge is 0.188 e. The van der Waals surface area contributed by atoms with Gasteiger partial charge in [-0.3, -0.25) is 0 Å². The topological polar surface area (TPSA) is 36.9 Å². The van der Waals surface area contributed by atoms with E-state index in [-0.39, 0.29) is 13.6 Å². The first kappa shape index (κ1) is 19.9. The Morgan fingerprint density at radius 3 is 2.00 bits per heavy atom. The molecule has 0 fully saturated rings. The number of hydrogen-bond acceptors (Lipinski definition) is 4. The summed E-state index contributed by atoms with van der Waals surface area (Å²) >= 11 is 0. The summed E-state index contributed by atoms with van der Waals surface area (Å²) in [6.45, 7) is 4.41. The van der Waals surface area contributed by atoms with Gasteiger partial charge in [-0.15, -0.1) is 0 Å². The van der Waals surface area contributed by atoms with Crippen molar-refractivity contribution in [2.45, 2.75) is 13.8 Å². The maximum atomic E-state index is 5.95. The zero-order valence-corrected chi connectivity index (χ0v) is 16.8. The second-order valence-electron chi connectivity index (χ2n) is 6.28. The molecule has 0 bridgehead atoms. The lowest BCUT2D eigenvalue weighted by Gasteiger charge is -2.18. The van der Waals surface area contributed by atoms with Crippen LogP contribution in [0.5, 0.6) is 11.5 Å². The van der Waals surface area contributed by atoms with Gasteiger partial charge in [-0.2, -0.15) is 0 Å². The van der Waals surface area contributed by atoms with E-state index in [1.54, 1.807) is 14.2 Å². The van der Waals surface area contributed by atoms with Gasteiger partial charge in [0, 0.05) is 25.3 Å². The van der Waals surface area contributed by atoms with Crippen LogP contribution in [0.1, 0.15) is 13.8 Å². The number of rotatable bonds is 7. The van der Waals surface area contributed by atoms with E-state index in [0.717, 1.165) is 43.8 Å². The molecular weight excluding hydrogens is 352 g/mol. The Labute approximate surface area is 165 Å². The van der Waals surface area contributed by atoms with Crippen molar-refractivity contribution in [3.05, 3.63) is 59.0 Å². The molecule has 0 saturated heterocycles. The van der Waals surface area contributed by atoms with Gasteiger partial charge in [0.1, 0.15) is 11.5 Å². The largest absolute Gasteiger partial charge is 0.467 e. The summed E-state index contributed by atoms with van der Waals surface area (Å²) in [7, 11) is 3.23. The van der Waals surface area contributed by atoms with Gasteiger partial charge < -0.3 is 18.9 Å². The lowest BCUT2D eigenvalue weighted by atomic mass is 9.94. The Bertz CT molecular complexity index is 1070. The molecule has 0 unspecified atom stereocenters. The molecule has 4 nitrogen and oxygen atoms in total. The third-order valence-corrected chi connectivity index (χ3v) is 4.65. The van der Waals surface area contributed by atoms with Gasteiger partial charge in [0.25, 0.3) is 0 Å². The van der Waals surface area contributed by atoms with Crippen molar-refractivity contribution in [3.63, 3.8) is 0 Å². The predicted molar refractivity (Wildman–Crippen MR) is 114 cm³/mol. The summed E-state index contributed by atoms with van der Waals surface area (Å²) in [6, 6.07) is 16.4. The van der Waals surface area contributed by atoms with Gasteiger partial charge in [0.2, 0.25) is 0 Å². The van der Waals surface area contributed by atoms with Crippen LogP contribution in [-0.2, 0) is 9.47 Å². The molecule has 0 heterocycles. The number of fused-ring (bicyclic) bond motifs is 1. The summed E-state index contributed by atoms with van der Waals surface area (Å²) in [5, 5.41) is 4.45. The lowest BCUT2D eigenvalue weighted by Crippen LogP contribution is -2.27. The fourth-order valence-electron chi connectivity index (χ4n) is 3.43. The van der Waals surface area contributed by atoms with Crippen molar-refractivity contribution in [3.8, 4) is 22.6 Å². The third-order valence-electron chi connectivity index (χ3n) is 4.65. The summed E-state index contributed by atoms with van der Waals surface area (Å²) in [4.78, 5) is 0. The van der Waals surface area contributed by atoms with Crippen LogP contribution < -0.4 is 19.9 Å². The number of hydrogen-bond donors (Lipinski definition) is 0. The van der Waals surface area contributed by atoms with Crippen LogP contribution in [0.3, 0.4) is 0 Å². The molecule has 146 valence electrons. The Hall–Kier alpha value is -2.82. The van der Waals surface area contributed by atoms with Gasteiger partial charge in [-0.1, -0.05) is 48.6 Å². The SMILES string of the molecule is C/C=c1/ccc(OCOC)c(-c2c(OCOC)ccc3ccccc23)/c1=C/C. The van der Waals surface area contributed by atoms with Crippen molar-refractivity contribution in [2.24, 2.45) is 0 Å².